The van der Waals surface area contributed by atoms with Gasteiger partial charge < -0.3 is 10.6 Å². The molecule has 0 saturated heterocycles. The maximum absolute atomic E-state index is 12.8. The van der Waals surface area contributed by atoms with Crippen LogP contribution in [0.2, 0.25) is 0 Å². The molecule has 0 aliphatic heterocycles. The molecule has 1 aromatic rings. The molecule has 2 nitrogen and oxygen atoms in total. The molecule has 0 saturated carbocycles. The molecule has 0 aliphatic carbocycles. The standard InChI is InChI=1S/C12H16BrF3N2/c1-2-17-5-6-18-8-9-3-4-10(13)7-11(9)12(14,15)16/h3-4,7,17-18H,2,5-6,8H2,1H3. The average molecular weight is 325 g/mol. The van der Waals surface area contributed by atoms with Gasteiger partial charge in [0.1, 0.15) is 0 Å². The molecule has 0 atom stereocenters. The lowest BCUT2D eigenvalue weighted by atomic mass is 10.1. The lowest BCUT2D eigenvalue weighted by molar-refractivity contribution is -0.138. The highest BCUT2D eigenvalue weighted by Crippen LogP contribution is 2.33. The third-order valence-electron chi connectivity index (χ3n) is 2.42. The molecule has 0 spiro atoms. The Bertz CT molecular complexity index is 380. The van der Waals surface area contributed by atoms with Gasteiger partial charge >= 0.3 is 6.18 Å². The molecular weight excluding hydrogens is 309 g/mol. The SMILES string of the molecule is CCNCCNCc1ccc(Br)cc1C(F)(F)F. The number of hydrogen-bond acceptors (Lipinski definition) is 2. The van der Waals surface area contributed by atoms with E-state index in [2.05, 4.69) is 26.6 Å². The number of benzene rings is 1. The molecule has 0 fully saturated rings. The maximum Gasteiger partial charge on any atom is 0.416 e. The van der Waals surface area contributed by atoms with E-state index in [9.17, 15) is 13.2 Å². The van der Waals surface area contributed by atoms with E-state index in [1.54, 1.807) is 6.07 Å². The van der Waals surface area contributed by atoms with E-state index in [4.69, 9.17) is 0 Å². The first kappa shape index (κ1) is 15.5. The molecule has 0 radical (unpaired) electrons. The molecule has 0 unspecified atom stereocenters. The van der Waals surface area contributed by atoms with Crippen molar-refractivity contribution in [3.05, 3.63) is 33.8 Å². The summed E-state index contributed by atoms with van der Waals surface area (Å²) in [5.41, 5.74) is -0.324. The van der Waals surface area contributed by atoms with Gasteiger partial charge in [-0.05, 0) is 24.2 Å². The Morgan fingerprint density at radius 1 is 1.17 bits per heavy atom. The van der Waals surface area contributed by atoms with Gasteiger partial charge in [0.05, 0.1) is 5.56 Å². The van der Waals surface area contributed by atoms with Crippen LogP contribution >= 0.6 is 15.9 Å². The van der Waals surface area contributed by atoms with Gasteiger partial charge in [-0.3, -0.25) is 0 Å². The van der Waals surface area contributed by atoms with Gasteiger partial charge in [-0.1, -0.05) is 28.9 Å². The van der Waals surface area contributed by atoms with E-state index in [0.717, 1.165) is 19.2 Å². The second-order valence-corrected chi connectivity index (χ2v) is 4.75. The van der Waals surface area contributed by atoms with Gasteiger partial charge in [0.25, 0.3) is 0 Å². The van der Waals surface area contributed by atoms with Gasteiger partial charge in [-0.15, -0.1) is 0 Å². The minimum Gasteiger partial charge on any atom is -0.316 e. The van der Waals surface area contributed by atoms with Gasteiger partial charge in [-0.25, -0.2) is 0 Å². The van der Waals surface area contributed by atoms with Gasteiger partial charge in [0.15, 0.2) is 0 Å². The average Bonchev–Trinajstić information content (AvgIpc) is 2.29. The minimum atomic E-state index is -4.32. The summed E-state index contributed by atoms with van der Waals surface area (Å²) >= 11 is 3.06. The third-order valence-corrected chi connectivity index (χ3v) is 2.91. The smallest absolute Gasteiger partial charge is 0.316 e. The van der Waals surface area contributed by atoms with Crippen molar-refractivity contribution in [3.63, 3.8) is 0 Å². The molecule has 18 heavy (non-hydrogen) atoms. The normalized spacial score (nSPS) is 11.8. The molecule has 6 heteroatoms. The van der Waals surface area contributed by atoms with Crippen molar-refractivity contribution in [1.82, 2.24) is 10.6 Å². The summed E-state index contributed by atoms with van der Waals surface area (Å²) in [4.78, 5) is 0. The van der Waals surface area contributed by atoms with Gasteiger partial charge in [-0.2, -0.15) is 13.2 Å². The Hall–Kier alpha value is -0.590. The van der Waals surface area contributed by atoms with Crippen molar-refractivity contribution in [2.75, 3.05) is 19.6 Å². The van der Waals surface area contributed by atoms with Crippen molar-refractivity contribution in [2.24, 2.45) is 0 Å². The predicted octanol–water partition coefficient (Wildman–Crippen LogP) is 3.17. The predicted molar refractivity (Wildman–Crippen MR) is 69.4 cm³/mol. The number of halogens is 4. The molecule has 0 aliphatic rings. The van der Waals surface area contributed by atoms with E-state index in [0.29, 0.717) is 11.0 Å². The van der Waals surface area contributed by atoms with Crippen LogP contribution in [0.25, 0.3) is 0 Å². The Labute approximate surface area is 113 Å². The van der Waals surface area contributed by atoms with E-state index >= 15 is 0 Å². The summed E-state index contributed by atoms with van der Waals surface area (Å²) < 4.78 is 38.8. The molecule has 102 valence electrons. The highest BCUT2D eigenvalue weighted by atomic mass is 79.9. The second-order valence-electron chi connectivity index (χ2n) is 3.83. The zero-order chi connectivity index (χ0) is 13.6. The zero-order valence-electron chi connectivity index (χ0n) is 10.1. The quantitative estimate of drug-likeness (QED) is 0.785. The van der Waals surface area contributed by atoms with E-state index in [1.165, 1.54) is 6.07 Å². The number of nitrogens with one attached hydrogen (secondary N) is 2. The van der Waals surface area contributed by atoms with Crippen molar-refractivity contribution < 1.29 is 13.2 Å². The highest BCUT2D eigenvalue weighted by Gasteiger charge is 2.33. The van der Waals surface area contributed by atoms with Crippen LogP contribution in [-0.4, -0.2) is 19.6 Å². The minimum absolute atomic E-state index is 0.216. The van der Waals surface area contributed by atoms with Crippen LogP contribution in [0.5, 0.6) is 0 Å². The molecule has 0 bridgehead atoms. The molecule has 2 N–H and O–H groups in total. The molecule has 0 aromatic heterocycles. The van der Waals surface area contributed by atoms with Crippen LogP contribution in [0, 0.1) is 0 Å². The van der Waals surface area contributed by atoms with Crippen molar-refractivity contribution in [1.29, 1.82) is 0 Å². The summed E-state index contributed by atoms with van der Waals surface area (Å²) in [6.07, 6.45) is -4.32. The fourth-order valence-corrected chi connectivity index (χ4v) is 1.90. The fraction of sp³-hybridized carbons (Fsp3) is 0.500. The molecule has 1 aromatic carbocycles. The first-order valence-corrected chi connectivity index (χ1v) is 6.51. The lowest BCUT2D eigenvalue weighted by Gasteiger charge is -2.14. The van der Waals surface area contributed by atoms with Gasteiger partial charge in [0, 0.05) is 24.1 Å². The largest absolute Gasteiger partial charge is 0.416 e. The van der Waals surface area contributed by atoms with Gasteiger partial charge in [0.2, 0.25) is 0 Å². The Balaban J connectivity index is 2.65. The maximum atomic E-state index is 12.8. The van der Waals surface area contributed by atoms with E-state index in [1.807, 2.05) is 6.92 Å². The third kappa shape index (κ3) is 4.96. The first-order chi connectivity index (χ1) is 8.45. The molecule has 0 amide bonds. The van der Waals surface area contributed by atoms with Crippen molar-refractivity contribution >= 4 is 15.9 Å². The topological polar surface area (TPSA) is 24.1 Å². The summed E-state index contributed by atoms with van der Waals surface area (Å²) in [5.74, 6) is 0. The highest BCUT2D eigenvalue weighted by molar-refractivity contribution is 9.10. The summed E-state index contributed by atoms with van der Waals surface area (Å²) in [7, 11) is 0. The van der Waals surface area contributed by atoms with Crippen molar-refractivity contribution in [3.8, 4) is 0 Å². The Morgan fingerprint density at radius 3 is 2.44 bits per heavy atom. The Morgan fingerprint density at radius 2 is 1.83 bits per heavy atom. The number of likely N-dealkylation sites (N-methyl/N-ethyl adjacent to an activating group) is 1. The monoisotopic (exact) mass is 324 g/mol. The first-order valence-electron chi connectivity index (χ1n) is 5.72. The summed E-state index contributed by atoms with van der Waals surface area (Å²) in [5, 5.41) is 6.09. The summed E-state index contributed by atoms with van der Waals surface area (Å²) in [6, 6.07) is 4.23. The fourth-order valence-electron chi connectivity index (χ4n) is 1.54. The van der Waals surface area contributed by atoms with Crippen LogP contribution in [0.1, 0.15) is 18.1 Å². The lowest BCUT2D eigenvalue weighted by Crippen LogP contribution is -2.27. The number of rotatable bonds is 6. The number of hydrogen-bond donors (Lipinski definition) is 2. The van der Waals surface area contributed by atoms with Crippen LogP contribution < -0.4 is 10.6 Å². The molecule has 0 heterocycles. The van der Waals surface area contributed by atoms with Crippen molar-refractivity contribution in [2.45, 2.75) is 19.6 Å². The summed E-state index contributed by atoms with van der Waals surface area (Å²) in [6.45, 7) is 4.44. The second kappa shape index (κ2) is 7.11. The van der Waals surface area contributed by atoms with Crippen LogP contribution in [0.15, 0.2) is 22.7 Å². The molecular formula is C12H16BrF3N2. The van der Waals surface area contributed by atoms with E-state index < -0.39 is 11.7 Å². The van der Waals surface area contributed by atoms with Crippen LogP contribution in [0.4, 0.5) is 13.2 Å². The van der Waals surface area contributed by atoms with Crippen LogP contribution in [0.3, 0.4) is 0 Å². The van der Waals surface area contributed by atoms with Crippen LogP contribution in [-0.2, 0) is 12.7 Å². The number of alkyl halides is 3. The molecule has 1 rings (SSSR count). The zero-order valence-corrected chi connectivity index (χ0v) is 11.7. The van der Waals surface area contributed by atoms with E-state index in [-0.39, 0.29) is 12.1 Å². The Kier molecular flexibility index (Phi) is 6.11.